The topological polar surface area (TPSA) is 57.6 Å². The summed E-state index contributed by atoms with van der Waals surface area (Å²) in [7, 11) is 0. The lowest BCUT2D eigenvalue weighted by Crippen LogP contribution is -2.32. The molecule has 1 amide bonds. The molecule has 1 N–H and O–H groups in total. The minimum Gasteiger partial charge on any atom is -0.481 e. The lowest BCUT2D eigenvalue weighted by Gasteiger charge is -2.16. The summed E-state index contributed by atoms with van der Waals surface area (Å²) in [4.78, 5) is 25.3. The molecular weight excluding hydrogens is 230 g/mol. The maximum atomic E-state index is 12.4. The third-order valence-electron chi connectivity index (χ3n) is 5.18. The Balaban J connectivity index is 1.63. The van der Waals surface area contributed by atoms with Gasteiger partial charge in [0, 0.05) is 19.0 Å². The summed E-state index contributed by atoms with van der Waals surface area (Å²) >= 11 is 0. The number of amides is 1. The lowest BCUT2D eigenvalue weighted by molar-refractivity contribution is -0.142. The summed E-state index contributed by atoms with van der Waals surface area (Å²) in [5.74, 6) is 0.665. The van der Waals surface area contributed by atoms with Gasteiger partial charge >= 0.3 is 5.97 Å². The first-order valence-corrected chi connectivity index (χ1v) is 7.11. The van der Waals surface area contributed by atoms with Crippen molar-refractivity contribution >= 4 is 11.9 Å². The predicted octanol–water partition coefficient (Wildman–Crippen LogP) is 1.60. The van der Waals surface area contributed by atoms with Crippen molar-refractivity contribution in [2.24, 2.45) is 29.6 Å². The van der Waals surface area contributed by atoms with Gasteiger partial charge in [0.05, 0.1) is 5.92 Å². The van der Waals surface area contributed by atoms with Crippen LogP contribution >= 0.6 is 0 Å². The summed E-state index contributed by atoms with van der Waals surface area (Å²) in [5.41, 5.74) is 0. The number of hydrogen-bond acceptors (Lipinski definition) is 2. The Morgan fingerprint density at radius 3 is 2.22 bits per heavy atom. The van der Waals surface area contributed by atoms with Crippen molar-refractivity contribution in [3.63, 3.8) is 0 Å². The molecule has 0 aromatic rings. The SMILES string of the molecule is C[C@@H]1CN(C(=O)C2C3CCCCC32)C[C@H]1C(=O)O. The number of aliphatic carboxylic acids is 1. The van der Waals surface area contributed by atoms with Crippen LogP contribution in [0.1, 0.15) is 32.6 Å². The summed E-state index contributed by atoms with van der Waals surface area (Å²) in [6.45, 7) is 2.99. The van der Waals surface area contributed by atoms with Gasteiger partial charge in [-0.2, -0.15) is 0 Å². The molecule has 1 heterocycles. The Bertz CT molecular complexity index is 369. The molecule has 0 bridgehead atoms. The zero-order valence-corrected chi connectivity index (χ0v) is 10.8. The van der Waals surface area contributed by atoms with Gasteiger partial charge in [-0.05, 0) is 30.6 Å². The van der Waals surface area contributed by atoms with Gasteiger partial charge < -0.3 is 10.0 Å². The van der Waals surface area contributed by atoms with Crippen LogP contribution in [0.25, 0.3) is 0 Å². The number of carbonyl (C=O) groups is 2. The molecule has 18 heavy (non-hydrogen) atoms. The van der Waals surface area contributed by atoms with Crippen LogP contribution in [-0.4, -0.2) is 35.0 Å². The fourth-order valence-corrected chi connectivity index (χ4v) is 4.04. The van der Waals surface area contributed by atoms with Gasteiger partial charge in [-0.15, -0.1) is 0 Å². The van der Waals surface area contributed by atoms with Crippen LogP contribution in [0.4, 0.5) is 0 Å². The normalized spacial score (nSPS) is 42.5. The van der Waals surface area contributed by atoms with E-state index < -0.39 is 5.97 Å². The predicted molar refractivity (Wildman–Crippen MR) is 65.8 cm³/mol. The first-order chi connectivity index (χ1) is 8.59. The molecule has 3 rings (SSSR count). The molecule has 1 aliphatic heterocycles. The monoisotopic (exact) mass is 251 g/mol. The molecule has 0 radical (unpaired) electrons. The molecule has 2 saturated carbocycles. The molecule has 3 aliphatic rings. The number of hydrogen-bond donors (Lipinski definition) is 1. The number of likely N-dealkylation sites (tertiary alicyclic amines) is 1. The smallest absolute Gasteiger partial charge is 0.308 e. The molecule has 100 valence electrons. The van der Waals surface area contributed by atoms with Gasteiger partial charge in [-0.25, -0.2) is 0 Å². The van der Waals surface area contributed by atoms with Gasteiger partial charge in [0.25, 0.3) is 0 Å². The molecule has 2 aliphatic carbocycles. The number of carboxylic acids is 1. The van der Waals surface area contributed by atoms with Gasteiger partial charge in [0.2, 0.25) is 5.91 Å². The van der Waals surface area contributed by atoms with Crippen LogP contribution in [0.2, 0.25) is 0 Å². The average molecular weight is 251 g/mol. The van der Waals surface area contributed by atoms with Crippen LogP contribution < -0.4 is 0 Å². The summed E-state index contributed by atoms with van der Waals surface area (Å²) < 4.78 is 0. The van der Waals surface area contributed by atoms with Crippen LogP contribution in [0.15, 0.2) is 0 Å². The van der Waals surface area contributed by atoms with Gasteiger partial charge in [0.1, 0.15) is 0 Å². The highest BCUT2D eigenvalue weighted by molar-refractivity contribution is 5.84. The quantitative estimate of drug-likeness (QED) is 0.811. The number of nitrogens with zero attached hydrogens (tertiary/aromatic N) is 1. The molecule has 1 saturated heterocycles. The maximum Gasteiger partial charge on any atom is 0.308 e. The maximum absolute atomic E-state index is 12.4. The molecule has 0 aromatic heterocycles. The summed E-state index contributed by atoms with van der Waals surface area (Å²) in [6.07, 6.45) is 4.93. The van der Waals surface area contributed by atoms with Gasteiger partial charge in [-0.3, -0.25) is 9.59 Å². The first kappa shape index (κ1) is 12.0. The molecular formula is C14H21NO3. The van der Waals surface area contributed by atoms with Crippen molar-refractivity contribution in [3.05, 3.63) is 0 Å². The second-order valence-corrected chi connectivity index (χ2v) is 6.30. The number of fused-ring (bicyclic) bond motifs is 1. The van der Waals surface area contributed by atoms with E-state index in [0.717, 1.165) is 0 Å². The van der Waals surface area contributed by atoms with Crippen LogP contribution in [-0.2, 0) is 9.59 Å². The van der Waals surface area contributed by atoms with E-state index in [-0.39, 0.29) is 23.7 Å². The Kier molecular flexibility index (Phi) is 2.83. The van der Waals surface area contributed by atoms with Crippen LogP contribution in [0.3, 0.4) is 0 Å². The third kappa shape index (κ3) is 1.82. The lowest BCUT2D eigenvalue weighted by atomic mass is 9.99. The largest absolute Gasteiger partial charge is 0.481 e. The standard InChI is InChI=1S/C14H21NO3/c1-8-6-15(7-11(8)14(17)18)13(16)12-9-4-2-3-5-10(9)12/h8-12H,2-7H2,1H3,(H,17,18)/t8-,9?,10?,11-,12?/m1/s1. The van der Waals surface area contributed by atoms with Crippen LogP contribution in [0, 0.1) is 29.6 Å². The fourth-order valence-electron chi connectivity index (χ4n) is 4.04. The Morgan fingerprint density at radius 1 is 1.11 bits per heavy atom. The number of carboxylic acid groups (broad SMARTS) is 1. The highest BCUT2D eigenvalue weighted by Gasteiger charge is 2.56. The van der Waals surface area contributed by atoms with E-state index in [4.69, 9.17) is 5.11 Å². The summed E-state index contributed by atoms with van der Waals surface area (Å²) in [6, 6.07) is 0. The van der Waals surface area contributed by atoms with E-state index in [1.807, 2.05) is 11.8 Å². The van der Waals surface area contributed by atoms with Gasteiger partial charge in [0.15, 0.2) is 0 Å². The van der Waals surface area contributed by atoms with Crippen LogP contribution in [0.5, 0.6) is 0 Å². The molecule has 3 fully saturated rings. The van der Waals surface area contributed by atoms with Gasteiger partial charge in [-0.1, -0.05) is 19.8 Å². The van der Waals surface area contributed by atoms with Crippen molar-refractivity contribution in [3.8, 4) is 0 Å². The Morgan fingerprint density at radius 2 is 1.72 bits per heavy atom. The second-order valence-electron chi connectivity index (χ2n) is 6.30. The van der Waals surface area contributed by atoms with E-state index in [1.165, 1.54) is 25.7 Å². The number of rotatable bonds is 2. The number of carbonyl (C=O) groups excluding carboxylic acids is 1. The van der Waals surface area contributed by atoms with E-state index in [2.05, 4.69) is 0 Å². The third-order valence-corrected chi connectivity index (χ3v) is 5.18. The van der Waals surface area contributed by atoms with E-state index in [1.54, 1.807) is 0 Å². The van der Waals surface area contributed by atoms with Crippen molar-refractivity contribution in [1.82, 2.24) is 4.90 Å². The van der Waals surface area contributed by atoms with Crippen molar-refractivity contribution in [2.45, 2.75) is 32.6 Å². The average Bonchev–Trinajstić information content (AvgIpc) is 2.94. The highest BCUT2D eigenvalue weighted by Crippen LogP contribution is 2.56. The molecule has 4 nitrogen and oxygen atoms in total. The molecule has 0 spiro atoms. The zero-order chi connectivity index (χ0) is 12.9. The minimum absolute atomic E-state index is 0.0900. The molecule has 4 heteroatoms. The highest BCUT2D eigenvalue weighted by atomic mass is 16.4. The zero-order valence-electron chi connectivity index (χ0n) is 10.8. The molecule has 4 atom stereocenters. The first-order valence-electron chi connectivity index (χ1n) is 7.11. The molecule has 2 unspecified atom stereocenters. The second kappa shape index (κ2) is 4.25. The van der Waals surface area contributed by atoms with E-state index in [9.17, 15) is 9.59 Å². The van der Waals surface area contributed by atoms with E-state index in [0.29, 0.717) is 24.9 Å². The minimum atomic E-state index is -0.758. The van der Waals surface area contributed by atoms with E-state index >= 15 is 0 Å². The Labute approximate surface area is 107 Å². The van der Waals surface area contributed by atoms with Crippen molar-refractivity contribution in [2.75, 3.05) is 13.1 Å². The Hall–Kier alpha value is -1.06. The van der Waals surface area contributed by atoms with Crippen molar-refractivity contribution < 1.29 is 14.7 Å². The van der Waals surface area contributed by atoms with Crippen molar-refractivity contribution in [1.29, 1.82) is 0 Å². The fraction of sp³-hybridized carbons (Fsp3) is 0.857. The summed E-state index contributed by atoms with van der Waals surface area (Å²) in [5, 5.41) is 9.11. The molecule has 0 aromatic carbocycles.